The van der Waals surface area contributed by atoms with Crippen LogP contribution < -0.4 is 5.32 Å². The lowest BCUT2D eigenvalue weighted by atomic mass is 10.1. The molecule has 0 bridgehead atoms. The van der Waals surface area contributed by atoms with Crippen molar-refractivity contribution >= 4 is 28.9 Å². The van der Waals surface area contributed by atoms with Crippen LogP contribution in [0.3, 0.4) is 0 Å². The van der Waals surface area contributed by atoms with Gasteiger partial charge in [0.05, 0.1) is 15.4 Å². The Bertz CT molecular complexity index is 1200. The lowest BCUT2D eigenvalue weighted by molar-refractivity contribution is -0.384. The predicted octanol–water partition coefficient (Wildman–Crippen LogP) is 4.35. The van der Waals surface area contributed by atoms with Gasteiger partial charge in [0.1, 0.15) is 5.69 Å². The summed E-state index contributed by atoms with van der Waals surface area (Å²) in [5.41, 5.74) is 0.155. The number of ether oxygens (including phenoxy) is 1. The first kappa shape index (κ1) is 22.1. The zero-order valence-electron chi connectivity index (χ0n) is 16.8. The van der Waals surface area contributed by atoms with Gasteiger partial charge < -0.3 is 10.1 Å². The zero-order valence-corrected chi connectivity index (χ0v) is 16.8. The first-order valence-electron chi connectivity index (χ1n) is 9.32. The van der Waals surface area contributed by atoms with Crippen LogP contribution in [0.2, 0.25) is 0 Å². The molecule has 0 fully saturated rings. The second-order valence-corrected chi connectivity index (χ2v) is 6.77. The molecule has 0 aromatic heterocycles. The van der Waals surface area contributed by atoms with Gasteiger partial charge in [-0.1, -0.05) is 42.5 Å². The number of esters is 1. The quantitative estimate of drug-likeness (QED) is 0.330. The molecular formula is C22H17N3O7. The fraction of sp³-hybridized carbons (Fsp3) is 0.0909. The van der Waals surface area contributed by atoms with E-state index in [2.05, 4.69) is 5.32 Å². The highest BCUT2D eigenvalue weighted by atomic mass is 16.6. The molecule has 162 valence electrons. The molecule has 1 atom stereocenters. The number of benzene rings is 3. The lowest BCUT2D eigenvalue weighted by Gasteiger charge is -2.18. The van der Waals surface area contributed by atoms with Gasteiger partial charge in [-0.15, -0.1) is 0 Å². The number of hydrogen-bond donors (Lipinski definition) is 1. The van der Waals surface area contributed by atoms with Crippen LogP contribution in [0.15, 0.2) is 72.8 Å². The average molecular weight is 435 g/mol. The number of carbonyl (C=O) groups excluding carboxylic acids is 2. The fourth-order valence-corrected chi connectivity index (χ4v) is 2.92. The van der Waals surface area contributed by atoms with Crippen molar-refractivity contribution in [2.45, 2.75) is 13.0 Å². The molecule has 32 heavy (non-hydrogen) atoms. The molecule has 0 saturated carbocycles. The summed E-state index contributed by atoms with van der Waals surface area (Å²) in [6.45, 7) is 1.67. The van der Waals surface area contributed by atoms with E-state index in [0.29, 0.717) is 11.1 Å². The Morgan fingerprint density at radius 3 is 2.28 bits per heavy atom. The maximum Gasteiger partial charge on any atom is 0.339 e. The van der Waals surface area contributed by atoms with E-state index >= 15 is 0 Å². The molecule has 1 unspecified atom stereocenters. The molecule has 3 aromatic carbocycles. The number of nitro groups is 2. The normalized spacial score (nSPS) is 11.3. The van der Waals surface area contributed by atoms with Crippen molar-refractivity contribution in [3.8, 4) is 0 Å². The molecule has 0 aliphatic carbocycles. The average Bonchev–Trinajstić information content (AvgIpc) is 2.78. The molecule has 1 amide bonds. The number of aryl methyl sites for hydroxylation is 1. The van der Waals surface area contributed by atoms with E-state index in [-0.39, 0.29) is 22.6 Å². The van der Waals surface area contributed by atoms with Crippen LogP contribution in [0.4, 0.5) is 17.1 Å². The second-order valence-electron chi connectivity index (χ2n) is 6.77. The molecule has 10 nitrogen and oxygen atoms in total. The van der Waals surface area contributed by atoms with Crippen LogP contribution in [0, 0.1) is 27.2 Å². The summed E-state index contributed by atoms with van der Waals surface area (Å²) >= 11 is 0. The summed E-state index contributed by atoms with van der Waals surface area (Å²) in [5, 5.41) is 24.8. The lowest BCUT2D eigenvalue weighted by Crippen LogP contribution is -2.26. The molecule has 0 aliphatic heterocycles. The molecule has 0 spiro atoms. The van der Waals surface area contributed by atoms with E-state index in [4.69, 9.17) is 4.74 Å². The Hall–Kier alpha value is -4.60. The molecule has 0 radical (unpaired) electrons. The Morgan fingerprint density at radius 2 is 1.62 bits per heavy atom. The van der Waals surface area contributed by atoms with E-state index in [1.165, 1.54) is 30.3 Å². The summed E-state index contributed by atoms with van der Waals surface area (Å²) in [5.74, 6) is -1.78. The van der Waals surface area contributed by atoms with E-state index in [0.717, 1.165) is 6.07 Å². The number of non-ortho nitro benzene ring substituents is 1. The standard InChI is InChI=1S/C22H17N3O7/c1-14-10-11-18(19(12-14)25(30)31)23-21(26)20(15-6-3-2-4-7-15)32-22(27)16-8-5-9-17(13-16)24(28)29/h2-13,20H,1H3,(H,23,26). The highest BCUT2D eigenvalue weighted by Gasteiger charge is 2.28. The van der Waals surface area contributed by atoms with Gasteiger partial charge in [0.15, 0.2) is 0 Å². The molecule has 1 N–H and O–H groups in total. The second kappa shape index (κ2) is 9.47. The maximum atomic E-state index is 13.0. The van der Waals surface area contributed by atoms with E-state index in [1.807, 2.05) is 0 Å². The Labute approximate surface area is 181 Å². The van der Waals surface area contributed by atoms with E-state index < -0.39 is 27.8 Å². The van der Waals surface area contributed by atoms with Crippen LogP contribution in [0.25, 0.3) is 0 Å². The summed E-state index contributed by atoms with van der Waals surface area (Å²) in [7, 11) is 0. The molecular weight excluding hydrogens is 418 g/mol. The Morgan fingerprint density at radius 1 is 0.906 bits per heavy atom. The number of nitrogens with zero attached hydrogens (tertiary/aromatic N) is 2. The van der Waals surface area contributed by atoms with Crippen molar-refractivity contribution < 1.29 is 24.2 Å². The van der Waals surface area contributed by atoms with Gasteiger partial charge in [-0.3, -0.25) is 25.0 Å². The van der Waals surface area contributed by atoms with Gasteiger partial charge in [0, 0.05) is 23.8 Å². The third-order valence-electron chi connectivity index (χ3n) is 4.47. The van der Waals surface area contributed by atoms with Gasteiger partial charge >= 0.3 is 5.97 Å². The molecule has 0 aliphatic rings. The first-order valence-corrected chi connectivity index (χ1v) is 9.32. The fourth-order valence-electron chi connectivity index (χ4n) is 2.92. The van der Waals surface area contributed by atoms with Crippen molar-refractivity contribution in [2.75, 3.05) is 5.32 Å². The summed E-state index contributed by atoms with van der Waals surface area (Å²) in [4.78, 5) is 46.7. The van der Waals surface area contributed by atoms with Gasteiger partial charge in [0.2, 0.25) is 6.10 Å². The van der Waals surface area contributed by atoms with Gasteiger partial charge in [-0.05, 0) is 24.6 Å². The smallest absolute Gasteiger partial charge is 0.339 e. The van der Waals surface area contributed by atoms with Crippen LogP contribution in [-0.2, 0) is 9.53 Å². The number of anilines is 1. The minimum absolute atomic E-state index is 0.0575. The number of nitro benzene ring substituents is 2. The van der Waals surface area contributed by atoms with Crippen LogP contribution in [-0.4, -0.2) is 21.7 Å². The number of hydrogen-bond acceptors (Lipinski definition) is 7. The van der Waals surface area contributed by atoms with Crippen molar-refractivity contribution in [3.05, 3.63) is 110 Å². The van der Waals surface area contributed by atoms with Crippen molar-refractivity contribution in [3.63, 3.8) is 0 Å². The first-order chi connectivity index (χ1) is 15.3. The van der Waals surface area contributed by atoms with Crippen LogP contribution >= 0.6 is 0 Å². The van der Waals surface area contributed by atoms with Crippen LogP contribution in [0.5, 0.6) is 0 Å². The Kier molecular flexibility index (Phi) is 6.54. The van der Waals surface area contributed by atoms with Gasteiger partial charge in [-0.2, -0.15) is 0 Å². The molecule has 10 heteroatoms. The Balaban J connectivity index is 1.91. The SMILES string of the molecule is Cc1ccc(NC(=O)C(OC(=O)c2cccc([N+](=O)[O-])c2)c2ccccc2)c([N+](=O)[O-])c1. The predicted molar refractivity (Wildman–Crippen MR) is 114 cm³/mol. The van der Waals surface area contributed by atoms with E-state index in [1.54, 1.807) is 43.3 Å². The monoisotopic (exact) mass is 435 g/mol. The van der Waals surface area contributed by atoms with Crippen molar-refractivity contribution in [1.29, 1.82) is 0 Å². The van der Waals surface area contributed by atoms with Crippen molar-refractivity contribution in [2.24, 2.45) is 0 Å². The molecule has 0 heterocycles. The largest absolute Gasteiger partial charge is 0.444 e. The van der Waals surface area contributed by atoms with Gasteiger partial charge in [0.25, 0.3) is 17.3 Å². The highest BCUT2D eigenvalue weighted by molar-refractivity contribution is 5.99. The summed E-state index contributed by atoms with van der Waals surface area (Å²) < 4.78 is 5.37. The third-order valence-corrected chi connectivity index (χ3v) is 4.47. The summed E-state index contributed by atoms with van der Waals surface area (Å²) in [6, 6.07) is 17.2. The van der Waals surface area contributed by atoms with Crippen LogP contribution in [0.1, 0.15) is 27.6 Å². The molecule has 0 saturated heterocycles. The van der Waals surface area contributed by atoms with E-state index in [9.17, 15) is 29.8 Å². The highest BCUT2D eigenvalue weighted by Crippen LogP contribution is 2.28. The molecule has 3 rings (SSSR count). The number of rotatable bonds is 7. The zero-order chi connectivity index (χ0) is 23.3. The number of nitrogens with one attached hydrogen (secondary N) is 1. The maximum absolute atomic E-state index is 13.0. The number of amides is 1. The number of carbonyl (C=O) groups is 2. The minimum atomic E-state index is -1.45. The van der Waals surface area contributed by atoms with Gasteiger partial charge in [-0.25, -0.2) is 4.79 Å². The molecule has 3 aromatic rings. The summed E-state index contributed by atoms with van der Waals surface area (Å²) in [6.07, 6.45) is -1.45. The minimum Gasteiger partial charge on any atom is -0.444 e. The third kappa shape index (κ3) is 5.11. The topological polar surface area (TPSA) is 142 Å². The van der Waals surface area contributed by atoms with Crippen molar-refractivity contribution in [1.82, 2.24) is 0 Å².